The van der Waals surface area contributed by atoms with Gasteiger partial charge in [0, 0.05) is 16.9 Å². The van der Waals surface area contributed by atoms with E-state index in [4.69, 9.17) is 5.73 Å². The van der Waals surface area contributed by atoms with Crippen LogP contribution in [0.3, 0.4) is 0 Å². The van der Waals surface area contributed by atoms with Crippen LogP contribution in [-0.4, -0.2) is 18.4 Å². The average Bonchev–Trinajstić information content (AvgIpc) is 2.48. The summed E-state index contributed by atoms with van der Waals surface area (Å²) in [5.74, 6) is -0.609. The minimum atomic E-state index is -0.473. The molecule has 0 radical (unpaired) electrons. The molecule has 2 aromatic rings. The summed E-state index contributed by atoms with van der Waals surface area (Å²) >= 11 is 0. The van der Waals surface area contributed by atoms with Gasteiger partial charge in [-0.1, -0.05) is 18.2 Å². The summed E-state index contributed by atoms with van der Waals surface area (Å²) in [7, 11) is 0. The largest absolute Gasteiger partial charge is 0.376 e. The van der Waals surface area contributed by atoms with E-state index in [9.17, 15) is 9.59 Å². The molecule has 2 rings (SSSR count). The summed E-state index contributed by atoms with van der Waals surface area (Å²) < 4.78 is 0. The standard InChI is InChI=1S/C16H17N3O2/c1-11-4-2-3-5-14(11)19-15(20)10-18-13-8-6-12(7-9-13)16(17)21/h2-9,18H,10H2,1H3,(H2,17,21)(H,19,20). The Hall–Kier alpha value is -2.82. The number of anilines is 2. The third kappa shape index (κ3) is 4.07. The molecule has 0 spiro atoms. The zero-order valence-corrected chi connectivity index (χ0v) is 11.7. The highest BCUT2D eigenvalue weighted by Crippen LogP contribution is 2.13. The maximum absolute atomic E-state index is 11.9. The van der Waals surface area contributed by atoms with Gasteiger partial charge in [0.05, 0.1) is 6.54 Å². The SMILES string of the molecule is Cc1ccccc1NC(=O)CNc1ccc(C(N)=O)cc1. The van der Waals surface area contributed by atoms with Crippen molar-refractivity contribution in [1.29, 1.82) is 0 Å². The first-order valence-corrected chi connectivity index (χ1v) is 6.55. The van der Waals surface area contributed by atoms with Gasteiger partial charge in [0.15, 0.2) is 0 Å². The Kier molecular flexibility index (Phi) is 4.56. The minimum Gasteiger partial charge on any atom is -0.376 e. The number of primary amides is 1. The molecule has 0 heterocycles. The van der Waals surface area contributed by atoms with Crippen molar-refractivity contribution in [3.8, 4) is 0 Å². The normalized spacial score (nSPS) is 9.95. The molecule has 108 valence electrons. The van der Waals surface area contributed by atoms with Gasteiger partial charge in [-0.25, -0.2) is 0 Å². The number of amides is 2. The number of nitrogens with one attached hydrogen (secondary N) is 2. The molecule has 0 saturated heterocycles. The van der Waals surface area contributed by atoms with Gasteiger partial charge < -0.3 is 16.4 Å². The molecule has 0 unspecified atom stereocenters. The Balaban J connectivity index is 1.89. The topological polar surface area (TPSA) is 84.2 Å². The second-order valence-corrected chi connectivity index (χ2v) is 4.66. The molecule has 0 fully saturated rings. The predicted molar refractivity (Wildman–Crippen MR) is 83.3 cm³/mol. The maximum Gasteiger partial charge on any atom is 0.248 e. The van der Waals surface area contributed by atoms with E-state index in [0.717, 1.165) is 16.9 Å². The van der Waals surface area contributed by atoms with Gasteiger partial charge in [-0.3, -0.25) is 9.59 Å². The zero-order chi connectivity index (χ0) is 15.2. The fourth-order valence-electron chi connectivity index (χ4n) is 1.84. The molecule has 2 aromatic carbocycles. The van der Waals surface area contributed by atoms with Crippen molar-refractivity contribution in [1.82, 2.24) is 0 Å². The first-order chi connectivity index (χ1) is 10.1. The zero-order valence-electron chi connectivity index (χ0n) is 11.7. The predicted octanol–water partition coefficient (Wildman–Crippen LogP) is 2.14. The molecule has 0 atom stereocenters. The fraction of sp³-hybridized carbons (Fsp3) is 0.125. The van der Waals surface area contributed by atoms with Crippen molar-refractivity contribution in [2.45, 2.75) is 6.92 Å². The Labute approximate surface area is 123 Å². The van der Waals surface area contributed by atoms with Gasteiger partial charge in [-0.05, 0) is 42.8 Å². The maximum atomic E-state index is 11.9. The molecular formula is C16H17N3O2. The van der Waals surface area contributed by atoms with Gasteiger partial charge in [0.1, 0.15) is 0 Å². The van der Waals surface area contributed by atoms with Crippen LogP contribution in [0, 0.1) is 6.92 Å². The summed E-state index contributed by atoms with van der Waals surface area (Å²) in [6.07, 6.45) is 0. The van der Waals surface area contributed by atoms with Crippen molar-refractivity contribution in [2.24, 2.45) is 5.73 Å². The van der Waals surface area contributed by atoms with Crippen LogP contribution in [0.5, 0.6) is 0 Å². The fourth-order valence-corrected chi connectivity index (χ4v) is 1.84. The Morgan fingerprint density at radius 1 is 1.05 bits per heavy atom. The number of carbonyl (C=O) groups is 2. The van der Waals surface area contributed by atoms with Crippen LogP contribution in [0.25, 0.3) is 0 Å². The lowest BCUT2D eigenvalue weighted by Gasteiger charge is -2.10. The third-order valence-electron chi connectivity index (χ3n) is 3.04. The van der Waals surface area contributed by atoms with Gasteiger partial charge in [0.25, 0.3) is 0 Å². The smallest absolute Gasteiger partial charge is 0.248 e. The Morgan fingerprint density at radius 3 is 2.33 bits per heavy atom. The molecule has 4 N–H and O–H groups in total. The van der Waals surface area contributed by atoms with Crippen LogP contribution in [0.1, 0.15) is 15.9 Å². The number of hydrogen-bond acceptors (Lipinski definition) is 3. The summed E-state index contributed by atoms with van der Waals surface area (Å²) in [6, 6.07) is 14.2. The lowest BCUT2D eigenvalue weighted by molar-refractivity contribution is -0.114. The van der Waals surface area contributed by atoms with Crippen LogP contribution in [-0.2, 0) is 4.79 Å². The van der Waals surface area contributed by atoms with Gasteiger partial charge in [-0.2, -0.15) is 0 Å². The lowest BCUT2D eigenvalue weighted by Crippen LogP contribution is -2.22. The van der Waals surface area contributed by atoms with Crippen LogP contribution in [0.2, 0.25) is 0 Å². The molecule has 5 heteroatoms. The number of rotatable bonds is 5. The molecular weight excluding hydrogens is 266 g/mol. The second-order valence-electron chi connectivity index (χ2n) is 4.66. The van der Waals surface area contributed by atoms with Crippen LogP contribution >= 0.6 is 0 Å². The monoisotopic (exact) mass is 283 g/mol. The summed E-state index contributed by atoms with van der Waals surface area (Å²) in [4.78, 5) is 22.8. The Bertz CT molecular complexity index is 651. The molecule has 0 bridgehead atoms. The van der Waals surface area contributed by atoms with Crippen molar-refractivity contribution in [3.63, 3.8) is 0 Å². The van der Waals surface area contributed by atoms with E-state index in [0.29, 0.717) is 5.56 Å². The quantitative estimate of drug-likeness (QED) is 0.786. The highest BCUT2D eigenvalue weighted by atomic mass is 16.2. The molecule has 0 aliphatic carbocycles. The van der Waals surface area contributed by atoms with Crippen LogP contribution in [0.4, 0.5) is 11.4 Å². The second kappa shape index (κ2) is 6.56. The molecule has 5 nitrogen and oxygen atoms in total. The number of benzene rings is 2. The van der Waals surface area contributed by atoms with Crippen LogP contribution < -0.4 is 16.4 Å². The molecule has 2 amide bonds. The van der Waals surface area contributed by atoms with Crippen molar-refractivity contribution >= 4 is 23.2 Å². The van der Waals surface area contributed by atoms with E-state index in [2.05, 4.69) is 10.6 Å². The van der Waals surface area contributed by atoms with E-state index in [1.54, 1.807) is 24.3 Å². The van der Waals surface area contributed by atoms with E-state index >= 15 is 0 Å². The summed E-state index contributed by atoms with van der Waals surface area (Å²) in [5.41, 5.74) is 8.16. The average molecular weight is 283 g/mol. The van der Waals surface area contributed by atoms with E-state index in [1.807, 2.05) is 31.2 Å². The lowest BCUT2D eigenvalue weighted by atomic mass is 10.2. The molecule has 0 aromatic heterocycles. The summed E-state index contributed by atoms with van der Waals surface area (Å²) in [5, 5.41) is 5.82. The number of para-hydroxylation sites is 1. The highest BCUT2D eigenvalue weighted by molar-refractivity contribution is 5.95. The van der Waals surface area contributed by atoms with E-state index in [-0.39, 0.29) is 12.5 Å². The minimum absolute atomic E-state index is 0.136. The van der Waals surface area contributed by atoms with Crippen molar-refractivity contribution in [3.05, 3.63) is 59.7 Å². The van der Waals surface area contributed by atoms with E-state index < -0.39 is 5.91 Å². The molecule has 0 aliphatic heterocycles. The van der Waals surface area contributed by atoms with Gasteiger partial charge in [0.2, 0.25) is 11.8 Å². The van der Waals surface area contributed by atoms with Gasteiger partial charge in [-0.15, -0.1) is 0 Å². The van der Waals surface area contributed by atoms with Crippen molar-refractivity contribution < 1.29 is 9.59 Å². The number of carbonyl (C=O) groups excluding carboxylic acids is 2. The van der Waals surface area contributed by atoms with E-state index in [1.165, 1.54) is 0 Å². The molecule has 21 heavy (non-hydrogen) atoms. The summed E-state index contributed by atoms with van der Waals surface area (Å²) in [6.45, 7) is 2.08. The van der Waals surface area contributed by atoms with Gasteiger partial charge >= 0.3 is 0 Å². The molecule has 0 saturated carbocycles. The number of nitrogens with two attached hydrogens (primary N) is 1. The first-order valence-electron chi connectivity index (χ1n) is 6.55. The highest BCUT2D eigenvalue weighted by Gasteiger charge is 2.04. The van der Waals surface area contributed by atoms with Crippen LogP contribution in [0.15, 0.2) is 48.5 Å². The Morgan fingerprint density at radius 2 is 1.71 bits per heavy atom. The third-order valence-corrected chi connectivity index (χ3v) is 3.04. The number of aryl methyl sites for hydroxylation is 1. The molecule has 0 aliphatic rings. The first kappa shape index (κ1) is 14.6. The van der Waals surface area contributed by atoms with Crippen molar-refractivity contribution in [2.75, 3.05) is 17.2 Å². The number of hydrogen-bond donors (Lipinski definition) is 3.